The summed E-state index contributed by atoms with van der Waals surface area (Å²) in [7, 11) is -1.93. The van der Waals surface area contributed by atoms with Gasteiger partial charge in [0.05, 0.1) is 6.26 Å². The van der Waals surface area contributed by atoms with Gasteiger partial charge in [0.1, 0.15) is 23.1 Å². The van der Waals surface area contributed by atoms with Crippen molar-refractivity contribution in [3.8, 4) is 11.5 Å². The molecule has 2 N–H and O–H groups in total. The van der Waals surface area contributed by atoms with Gasteiger partial charge in [-0.2, -0.15) is 0 Å². The van der Waals surface area contributed by atoms with E-state index < -0.39 is 51.9 Å². The highest BCUT2D eigenvalue weighted by molar-refractivity contribution is 7.86. The molecule has 10 nitrogen and oxygen atoms in total. The summed E-state index contributed by atoms with van der Waals surface area (Å²) >= 11 is 0. The molecule has 2 atom stereocenters. The summed E-state index contributed by atoms with van der Waals surface area (Å²) in [5.74, 6) is -2.06. The van der Waals surface area contributed by atoms with Gasteiger partial charge in [-0.15, -0.1) is 0 Å². The topological polar surface area (TPSA) is 127 Å². The number of hydrogen-bond acceptors (Lipinski definition) is 7. The van der Waals surface area contributed by atoms with Gasteiger partial charge >= 0.3 is 0 Å². The van der Waals surface area contributed by atoms with Gasteiger partial charge in [-0.1, -0.05) is 19.3 Å². The predicted molar refractivity (Wildman–Crippen MR) is 149 cm³/mol. The fourth-order valence-electron chi connectivity index (χ4n) is 4.95. The molecule has 1 aromatic heterocycles. The minimum atomic E-state index is -1.93. The number of ether oxygens (including phenoxy) is 2. The lowest BCUT2D eigenvalue weighted by atomic mass is 9.95. The Hall–Kier alpha value is -4.19. The Kier molecular flexibility index (Phi) is 8.98. The lowest BCUT2D eigenvalue weighted by Gasteiger charge is -2.32. The van der Waals surface area contributed by atoms with E-state index in [4.69, 9.17) is 13.9 Å². The van der Waals surface area contributed by atoms with E-state index in [1.165, 1.54) is 35.4 Å². The van der Waals surface area contributed by atoms with E-state index >= 15 is 0 Å². The molecule has 3 amide bonds. The fraction of sp³-hybridized carbons (Fsp3) is 0.345. The molecule has 0 unspecified atom stereocenters. The lowest BCUT2D eigenvalue weighted by molar-refractivity contribution is -0.127. The average molecular weight is 584 g/mol. The van der Waals surface area contributed by atoms with Crippen LogP contribution in [-0.2, 0) is 25.2 Å². The molecule has 2 aromatic carbocycles. The Morgan fingerprint density at radius 1 is 0.976 bits per heavy atom. The summed E-state index contributed by atoms with van der Waals surface area (Å²) in [6, 6.07) is 11.9. The van der Waals surface area contributed by atoms with Crippen LogP contribution in [0.25, 0.3) is 0 Å². The number of hydrogen-bond donors (Lipinski definition) is 2. The van der Waals surface area contributed by atoms with Crippen LogP contribution >= 0.6 is 0 Å². The molecule has 0 saturated heterocycles. The molecule has 216 valence electrons. The van der Waals surface area contributed by atoms with Gasteiger partial charge in [-0.3, -0.25) is 23.5 Å². The largest absolute Gasteiger partial charge is 0.467 e. The molecule has 0 radical (unpaired) electrons. The maximum atomic E-state index is 13.8. The quantitative estimate of drug-likeness (QED) is 0.369. The zero-order valence-electron chi connectivity index (χ0n) is 22.2. The van der Waals surface area contributed by atoms with Gasteiger partial charge in [0.25, 0.3) is 5.91 Å². The van der Waals surface area contributed by atoms with Gasteiger partial charge in [0, 0.05) is 34.3 Å². The molecule has 2 heterocycles. The molecule has 1 aliphatic carbocycles. The maximum Gasteiger partial charge on any atom is 0.251 e. The second kappa shape index (κ2) is 13.0. The number of benzene rings is 2. The standard InChI is InChI=1S/C29H30FN3O7S/c30-19-8-10-21(11-9-19)31-26(34)16-41(37)17-27(35)33(22-12-13-23-25(15-22)40-18-39-23)28(24-7-4-14-38-24)29(36)32-20-5-2-1-3-6-20/h4,7-15,20,28H,1-3,5-6,16-18H2,(H,31,34)(H,32,36)/t28-,41-/m0/s1. The van der Waals surface area contributed by atoms with E-state index in [1.54, 1.807) is 30.3 Å². The summed E-state index contributed by atoms with van der Waals surface area (Å²) in [4.78, 5) is 41.3. The average Bonchev–Trinajstić information content (AvgIpc) is 3.65. The summed E-state index contributed by atoms with van der Waals surface area (Å²) in [5, 5.41) is 5.60. The SMILES string of the molecule is O=C(C[S@](=O)CC(=O)N(c1ccc2c(c1)OCO2)[C@H](C(=O)NC1CCCCC1)c1ccco1)Nc1ccc(F)cc1. The number of anilines is 2. The number of nitrogens with one attached hydrogen (secondary N) is 2. The van der Waals surface area contributed by atoms with Crippen LogP contribution in [0.2, 0.25) is 0 Å². The normalized spacial score (nSPS) is 16.0. The van der Waals surface area contributed by atoms with Gasteiger partial charge in [0.2, 0.25) is 18.6 Å². The van der Waals surface area contributed by atoms with Crippen molar-refractivity contribution in [2.75, 3.05) is 28.5 Å². The van der Waals surface area contributed by atoms with Crippen molar-refractivity contribution in [2.45, 2.75) is 44.2 Å². The zero-order chi connectivity index (χ0) is 28.8. The van der Waals surface area contributed by atoms with Crippen molar-refractivity contribution in [1.29, 1.82) is 0 Å². The molecule has 41 heavy (non-hydrogen) atoms. The third kappa shape index (κ3) is 7.12. The lowest BCUT2D eigenvalue weighted by Crippen LogP contribution is -2.48. The van der Waals surface area contributed by atoms with Gasteiger partial charge in [-0.25, -0.2) is 4.39 Å². The number of amides is 3. The molecule has 2 aliphatic rings. The Labute approximate surface area is 238 Å². The number of carbonyl (C=O) groups is 3. The first-order valence-electron chi connectivity index (χ1n) is 13.3. The van der Waals surface area contributed by atoms with Crippen molar-refractivity contribution < 1.29 is 36.9 Å². The molecule has 1 saturated carbocycles. The number of fused-ring (bicyclic) bond motifs is 1. The molecule has 5 rings (SSSR count). The Balaban J connectivity index is 1.39. The van der Waals surface area contributed by atoms with Crippen molar-refractivity contribution in [3.63, 3.8) is 0 Å². The molecule has 3 aromatic rings. The first-order chi connectivity index (χ1) is 19.9. The minimum Gasteiger partial charge on any atom is -0.467 e. The molecule has 0 bridgehead atoms. The zero-order valence-corrected chi connectivity index (χ0v) is 23.0. The minimum absolute atomic E-state index is 0.0176. The van der Waals surface area contributed by atoms with Crippen LogP contribution in [0.4, 0.5) is 15.8 Å². The number of halogens is 1. The molecule has 1 fully saturated rings. The number of furan rings is 1. The van der Waals surface area contributed by atoms with Crippen LogP contribution < -0.4 is 25.0 Å². The Bertz CT molecular complexity index is 1410. The third-order valence-electron chi connectivity index (χ3n) is 6.88. The number of nitrogens with zero attached hydrogens (tertiary/aromatic N) is 1. The van der Waals surface area contributed by atoms with Crippen molar-refractivity contribution >= 4 is 39.9 Å². The number of carbonyl (C=O) groups excluding carboxylic acids is 3. The maximum absolute atomic E-state index is 13.8. The van der Waals surface area contributed by atoms with Gasteiger partial charge in [0.15, 0.2) is 17.5 Å². The van der Waals surface area contributed by atoms with Crippen LogP contribution in [-0.4, -0.2) is 46.3 Å². The molecular formula is C29H30FN3O7S. The Morgan fingerprint density at radius 3 is 2.46 bits per heavy atom. The summed E-state index contributed by atoms with van der Waals surface area (Å²) in [6.45, 7) is 0.0176. The Morgan fingerprint density at radius 2 is 1.73 bits per heavy atom. The highest BCUT2D eigenvalue weighted by atomic mass is 32.2. The van der Waals surface area contributed by atoms with Gasteiger partial charge in [-0.05, 0) is 61.4 Å². The summed E-state index contributed by atoms with van der Waals surface area (Å²) in [6.07, 6.45) is 6.19. The third-order valence-corrected chi connectivity index (χ3v) is 8.03. The fourth-order valence-corrected chi connectivity index (χ4v) is 5.84. The van der Waals surface area contributed by atoms with Crippen molar-refractivity contribution in [2.24, 2.45) is 0 Å². The second-order valence-corrected chi connectivity index (χ2v) is 11.3. The highest BCUT2D eigenvalue weighted by Crippen LogP contribution is 2.38. The van der Waals surface area contributed by atoms with Crippen LogP contribution in [0.3, 0.4) is 0 Å². The van der Waals surface area contributed by atoms with E-state index in [1.807, 2.05) is 0 Å². The van der Waals surface area contributed by atoms with Crippen LogP contribution in [0.5, 0.6) is 11.5 Å². The molecule has 0 spiro atoms. The molecule has 12 heteroatoms. The highest BCUT2D eigenvalue weighted by Gasteiger charge is 2.37. The van der Waals surface area contributed by atoms with E-state index in [2.05, 4.69) is 10.6 Å². The van der Waals surface area contributed by atoms with E-state index in [-0.39, 0.29) is 18.6 Å². The molecular weight excluding hydrogens is 553 g/mol. The van der Waals surface area contributed by atoms with E-state index in [9.17, 15) is 23.0 Å². The van der Waals surface area contributed by atoms with Crippen molar-refractivity contribution in [3.05, 3.63) is 72.4 Å². The second-order valence-electron chi connectivity index (χ2n) is 9.85. The van der Waals surface area contributed by atoms with Crippen LogP contribution in [0.1, 0.15) is 43.9 Å². The first kappa shape index (κ1) is 28.3. The van der Waals surface area contributed by atoms with Gasteiger partial charge < -0.3 is 24.5 Å². The van der Waals surface area contributed by atoms with Crippen LogP contribution in [0.15, 0.2) is 65.3 Å². The van der Waals surface area contributed by atoms with Crippen LogP contribution in [0, 0.1) is 5.82 Å². The summed E-state index contributed by atoms with van der Waals surface area (Å²) in [5.41, 5.74) is 0.645. The van der Waals surface area contributed by atoms with E-state index in [0.717, 1.165) is 32.1 Å². The predicted octanol–water partition coefficient (Wildman–Crippen LogP) is 4.06. The van der Waals surface area contributed by atoms with E-state index in [0.29, 0.717) is 22.9 Å². The smallest absolute Gasteiger partial charge is 0.251 e. The monoisotopic (exact) mass is 583 g/mol. The molecule has 1 aliphatic heterocycles. The number of rotatable bonds is 10. The van der Waals surface area contributed by atoms with Crippen molar-refractivity contribution in [1.82, 2.24) is 5.32 Å². The first-order valence-corrected chi connectivity index (χ1v) is 14.8. The summed E-state index contributed by atoms with van der Waals surface area (Å²) < 4.78 is 42.7.